The molecule has 2 aliphatic heterocycles. The lowest BCUT2D eigenvalue weighted by atomic mass is 9.97. The molecule has 2 N–H and O–H groups in total. The number of hydrogen-bond donors (Lipinski definition) is 2. The Kier molecular flexibility index (Phi) is 4.70. The maximum atomic E-state index is 11.1. The molecule has 0 saturated carbocycles. The second-order valence-electron chi connectivity index (χ2n) is 6.80. The van der Waals surface area contributed by atoms with Gasteiger partial charge in [0.05, 0.1) is 5.92 Å². The van der Waals surface area contributed by atoms with Crippen molar-refractivity contribution in [1.29, 1.82) is 0 Å². The fraction of sp³-hybridized carbons (Fsp3) is 0.421. The first kappa shape index (κ1) is 17.4. The van der Waals surface area contributed by atoms with Gasteiger partial charge in [0, 0.05) is 25.7 Å². The Balaban J connectivity index is 1.42. The third kappa shape index (κ3) is 3.89. The molecule has 27 heavy (non-hydrogen) atoms. The summed E-state index contributed by atoms with van der Waals surface area (Å²) in [4.78, 5) is 22.2. The van der Waals surface area contributed by atoms with E-state index in [-0.39, 0.29) is 12.7 Å². The Morgan fingerprint density at radius 3 is 2.78 bits per heavy atom. The molecule has 8 nitrogen and oxygen atoms in total. The average molecular weight is 370 g/mol. The highest BCUT2D eigenvalue weighted by atomic mass is 16.7. The van der Waals surface area contributed by atoms with Crippen LogP contribution in [0, 0.1) is 12.8 Å². The maximum absolute atomic E-state index is 11.1. The lowest BCUT2D eigenvalue weighted by Crippen LogP contribution is -2.36. The van der Waals surface area contributed by atoms with Gasteiger partial charge in [-0.05, 0) is 37.5 Å². The van der Waals surface area contributed by atoms with Crippen molar-refractivity contribution in [2.75, 3.05) is 30.1 Å². The second-order valence-corrected chi connectivity index (χ2v) is 6.80. The van der Waals surface area contributed by atoms with Gasteiger partial charge in [0.25, 0.3) is 0 Å². The molecule has 1 aromatic carbocycles. The van der Waals surface area contributed by atoms with E-state index in [4.69, 9.17) is 14.6 Å². The molecule has 0 radical (unpaired) electrons. The summed E-state index contributed by atoms with van der Waals surface area (Å²) in [6.45, 7) is 4.11. The minimum atomic E-state index is -0.709. The van der Waals surface area contributed by atoms with Crippen molar-refractivity contribution in [1.82, 2.24) is 9.97 Å². The number of fused-ring (bicyclic) bond motifs is 1. The van der Waals surface area contributed by atoms with Crippen LogP contribution in [0.4, 0.5) is 11.6 Å². The Morgan fingerprint density at radius 1 is 1.22 bits per heavy atom. The molecule has 0 aliphatic carbocycles. The van der Waals surface area contributed by atoms with E-state index in [0.717, 1.165) is 28.7 Å². The van der Waals surface area contributed by atoms with Crippen molar-refractivity contribution >= 4 is 17.6 Å². The standard InChI is InChI=1S/C19H22N4O4/c1-12-21-17(20-10-13-2-3-15-16(8-13)27-11-26-15)9-18(22-12)23-6-4-14(5-7-23)19(24)25/h2-3,8-9,14H,4-7,10-11H2,1H3,(H,24,25)(H,20,21,22). The third-order valence-corrected chi connectivity index (χ3v) is 4.90. The fourth-order valence-corrected chi connectivity index (χ4v) is 3.40. The maximum Gasteiger partial charge on any atom is 0.306 e. The smallest absolute Gasteiger partial charge is 0.306 e. The number of benzene rings is 1. The van der Waals surface area contributed by atoms with E-state index in [1.165, 1.54) is 0 Å². The molecule has 0 unspecified atom stereocenters. The van der Waals surface area contributed by atoms with Gasteiger partial charge in [-0.3, -0.25) is 4.79 Å². The molecule has 0 spiro atoms. The summed E-state index contributed by atoms with van der Waals surface area (Å²) in [5.74, 6) is 2.82. The van der Waals surface area contributed by atoms with Crippen LogP contribution in [0.3, 0.4) is 0 Å². The summed E-state index contributed by atoms with van der Waals surface area (Å²) in [5, 5.41) is 12.5. The number of carboxylic acids is 1. The van der Waals surface area contributed by atoms with Crippen LogP contribution in [-0.4, -0.2) is 40.9 Å². The SMILES string of the molecule is Cc1nc(NCc2ccc3c(c2)OCO3)cc(N2CCC(C(=O)O)CC2)n1. The molecule has 1 aromatic heterocycles. The molecule has 8 heteroatoms. The summed E-state index contributed by atoms with van der Waals surface area (Å²) in [5.41, 5.74) is 1.07. The highest BCUT2D eigenvalue weighted by molar-refractivity contribution is 5.70. The number of aliphatic carboxylic acids is 1. The van der Waals surface area contributed by atoms with E-state index in [0.29, 0.717) is 38.3 Å². The van der Waals surface area contributed by atoms with Crippen molar-refractivity contribution in [3.8, 4) is 11.5 Å². The molecule has 2 aromatic rings. The first-order valence-corrected chi connectivity index (χ1v) is 9.04. The lowest BCUT2D eigenvalue weighted by molar-refractivity contribution is -0.142. The predicted octanol–water partition coefficient (Wildman–Crippen LogP) is 2.43. The number of carbonyl (C=O) groups is 1. The van der Waals surface area contributed by atoms with Crippen molar-refractivity contribution < 1.29 is 19.4 Å². The van der Waals surface area contributed by atoms with Crippen molar-refractivity contribution in [3.05, 3.63) is 35.7 Å². The van der Waals surface area contributed by atoms with Crippen LogP contribution in [0.5, 0.6) is 11.5 Å². The zero-order chi connectivity index (χ0) is 18.8. The largest absolute Gasteiger partial charge is 0.481 e. The zero-order valence-corrected chi connectivity index (χ0v) is 15.1. The van der Waals surface area contributed by atoms with E-state index in [1.54, 1.807) is 0 Å². The number of nitrogens with one attached hydrogen (secondary N) is 1. The normalized spacial score (nSPS) is 16.4. The average Bonchev–Trinajstić information content (AvgIpc) is 3.14. The van der Waals surface area contributed by atoms with Crippen LogP contribution in [-0.2, 0) is 11.3 Å². The summed E-state index contributed by atoms with van der Waals surface area (Å²) < 4.78 is 10.7. The number of piperidine rings is 1. The monoisotopic (exact) mass is 370 g/mol. The molecule has 2 aliphatic rings. The molecule has 0 atom stereocenters. The number of nitrogens with zero attached hydrogens (tertiary/aromatic N) is 3. The topological polar surface area (TPSA) is 96.8 Å². The first-order valence-electron chi connectivity index (χ1n) is 9.04. The van der Waals surface area contributed by atoms with Crippen molar-refractivity contribution in [3.63, 3.8) is 0 Å². The van der Waals surface area contributed by atoms with Gasteiger partial charge in [0.15, 0.2) is 11.5 Å². The van der Waals surface area contributed by atoms with E-state index >= 15 is 0 Å². The lowest BCUT2D eigenvalue weighted by Gasteiger charge is -2.31. The van der Waals surface area contributed by atoms with Crippen LogP contribution in [0.25, 0.3) is 0 Å². The minimum Gasteiger partial charge on any atom is -0.481 e. The summed E-state index contributed by atoms with van der Waals surface area (Å²) in [6, 6.07) is 7.77. The molecule has 142 valence electrons. The van der Waals surface area contributed by atoms with E-state index in [2.05, 4.69) is 20.2 Å². The summed E-state index contributed by atoms with van der Waals surface area (Å²) >= 11 is 0. The number of ether oxygens (including phenoxy) is 2. The van der Waals surface area contributed by atoms with Crippen LogP contribution in [0.15, 0.2) is 24.3 Å². The second kappa shape index (κ2) is 7.30. The summed E-state index contributed by atoms with van der Waals surface area (Å²) in [7, 11) is 0. The van der Waals surface area contributed by atoms with Crippen molar-refractivity contribution in [2.45, 2.75) is 26.3 Å². The number of rotatable bonds is 5. The van der Waals surface area contributed by atoms with Crippen LogP contribution in [0.1, 0.15) is 24.2 Å². The van der Waals surface area contributed by atoms with Gasteiger partial charge in [-0.2, -0.15) is 0 Å². The highest BCUT2D eigenvalue weighted by Crippen LogP contribution is 2.32. The van der Waals surface area contributed by atoms with Crippen molar-refractivity contribution in [2.24, 2.45) is 5.92 Å². The number of hydrogen-bond acceptors (Lipinski definition) is 7. The molecule has 0 bridgehead atoms. The van der Waals surface area contributed by atoms with Gasteiger partial charge in [-0.15, -0.1) is 0 Å². The van der Waals surface area contributed by atoms with Gasteiger partial charge in [-0.1, -0.05) is 6.07 Å². The number of anilines is 2. The Bertz CT molecular complexity index is 850. The van der Waals surface area contributed by atoms with Gasteiger partial charge in [0.2, 0.25) is 6.79 Å². The predicted molar refractivity (Wildman–Crippen MR) is 99.2 cm³/mol. The van der Waals surface area contributed by atoms with Gasteiger partial charge in [0.1, 0.15) is 17.5 Å². The van der Waals surface area contributed by atoms with E-state index < -0.39 is 5.97 Å². The van der Waals surface area contributed by atoms with Crippen LogP contribution < -0.4 is 19.7 Å². The van der Waals surface area contributed by atoms with Gasteiger partial charge >= 0.3 is 5.97 Å². The number of aryl methyl sites for hydroxylation is 1. The molecule has 1 fully saturated rings. The van der Waals surface area contributed by atoms with E-state index in [9.17, 15) is 4.79 Å². The highest BCUT2D eigenvalue weighted by Gasteiger charge is 2.25. The number of carboxylic acid groups (broad SMARTS) is 1. The fourth-order valence-electron chi connectivity index (χ4n) is 3.40. The van der Waals surface area contributed by atoms with Gasteiger partial charge < -0.3 is 24.8 Å². The first-order chi connectivity index (χ1) is 13.1. The molecular weight excluding hydrogens is 348 g/mol. The molecule has 1 saturated heterocycles. The Labute approximate surface area is 157 Å². The Hall–Kier alpha value is -3.03. The zero-order valence-electron chi connectivity index (χ0n) is 15.1. The van der Waals surface area contributed by atoms with Crippen LogP contribution in [0.2, 0.25) is 0 Å². The molecule has 3 heterocycles. The molecule has 0 amide bonds. The molecular formula is C19H22N4O4. The van der Waals surface area contributed by atoms with Crippen LogP contribution >= 0.6 is 0 Å². The Morgan fingerprint density at radius 2 is 2.00 bits per heavy atom. The summed E-state index contributed by atoms with van der Waals surface area (Å²) in [6.07, 6.45) is 1.27. The van der Waals surface area contributed by atoms with Gasteiger partial charge in [-0.25, -0.2) is 9.97 Å². The third-order valence-electron chi connectivity index (χ3n) is 4.90. The quantitative estimate of drug-likeness (QED) is 0.828. The van der Waals surface area contributed by atoms with E-state index in [1.807, 2.05) is 31.2 Å². The number of aromatic nitrogens is 2. The minimum absolute atomic E-state index is 0.257. The molecule has 4 rings (SSSR count).